The lowest BCUT2D eigenvalue weighted by Gasteiger charge is -2.67. The molecule has 1 saturated heterocycles. The number of nitrogens with one attached hydrogen (secondary N) is 1. The molecule has 3 fully saturated rings. The van der Waals surface area contributed by atoms with E-state index in [-0.39, 0.29) is 47.0 Å². The average Bonchev–Trinajstić information content (AvgIpc) is 3.76. The molecular weight excluding hydrogens is 826 g/mol. The Morgan fingerprint density at radius 3 is 2.22 bits per heavy atom. The van der Waals surface area contributed by atoms with Gasteiger partial charge in [0.2, 0.25) is 0 Å². The van der Waals surface area contributed by atoms with Crippen LogP contribution in [0.3, 0.4) is 0 Å². The Morgan fingerprint density at radius 2 is 1.67 bits per heavy atom. The number of carbonyl (C=O) groups is 6. The second-order valence-electron chi connectivity index (χ2n) is 17.5. The first kappa shape index (κ1) is 46.9. The fourth-order valence-electron chi connectivity index (χ4n) is 9.97. The Balaban J connectivity index is 1.57. The summed E-state index contributed by atoms with van der Waals surface area (Å²) in [6, 6.07) is 5.84. The molecule has 2 bridgehead atoms. The minimum Gasteiger partial charge on any atom is -0.497 e. The van der Waals surface area contributed by atoms with Crippen molar-refractivity contribution >= 4 is 35.6 Å². The molecule has 11 atom stereocenters. The van der Waals surface area contributed by atoms with Crippen LogP contribution in [0.15, 0.2) is 63.8 Å². The van der Waals surface area contributed by atoms with Crippen molar-refractivity contribution in [3.63, 3.8) is 0 Å². The van der Waals surface area contributed by atoms with Crippen LogP contribution < -0.4 is 14.8 Å². The summed E-state index contributed by atoms with van der Waals surface area (Å²) in [4.78, 5) is 83.4. The molecular formula is C45H55NO17. The van der Waals surface area contributed by atoms with Crippen LogP contribution in [0, 0.1) is 16.7 Å². The van der Waals surface area contributed by atoms with E-state index in [1.807, 2.05) is 0 Å². The van der Waals surface area contributed by atoms with Crippen molar-refractivity contribution in [1.29, 1.82) is 0 Å². The van der Waals surface area contributed by atoms with Crippen LogP contribution in [0.2, 0.25) is 0 Å². The second-order valence-corrected chi connectivity index (χ2v) is 17.5. The van der Waals surface area contributed by atoms with E-state index in [4.69, 9.17) is 37.6 Å². The standard InChI is InChI=1S/C45H55NO17/c1-21(2)16-27(46-39(52)29-12-11-15-58-29)34(50)41(54)61-30-19-45(55)38(62-40(53)26-17-25(56-9)13-14-28(26)57-10)36-43(8,31(49)18-32-44(36,20-59-32)63-24(5)48)37(51)35(60-23(4)47)33(22(30)3)42(45,6)7/h11-17,27,30-32,34-36,38,49-50,55H,18-20H2,1-10H3,(H,46,52)/t27-,30-,31-,32+,34+,35+,36-,38-,43+,44-,45+/m0/s1. The molecule has 1 aliphatic heterocycles. The van der Waals surface area contributed by atoms with Gasteiger partial charge in [-0.05, 0) is 69.2 Å². The SMILES string of the molecule is COc1ccc(OC)c(C(=O)O[C@H]2[C@@H]3[C@]4(OC(C)=O)CO[C@@H]4C[C@H](O)[C@@]3(C)C(=O)[C@H](OC(C)=O)C3=C(C)[C@@H](OC(=O)[C@H](O)[C@H](C=C(C)C)NC(=O)c4ccco4)C[C@]2(O)C3(C)C)c1. The van der Waals surface area contributed by atoms with Gasteiger partial charge in [-0.2, -0.15) is 0 Å². The Morgan fingerprint density at radius 1 is 0.968 bits per heavy atom. The molecule has 2 aromatic rings. The highest BCUT2D eigenvalue weighted by molar-refractivity contribution is 5.96. The van der Waals surface area contributed by atoms with E-state index < -0.39 is 113 Å². The van der Waals surface area contributed by atoms with E-state index in [2.05, 4.69) is 5.32 Å². The lowest BCUT2D eigenvalue weighted by Crippen LogP contribution is -2.82. The van der Waals surface area contributed by atoms with Gasteiger partial charge in [-0.3, -0.25) is 19.2 Å². The number of hydrogen-bond donors (Lipinski definition) is 4. The summed E-state index contributed by atoms with van der Waals surface area (Å²) in [7, 11) is 2.69. The van der Waals surface area contributed by atoms with E-state index >= 15 is 4.79 Å². The van der Waals surface area contributed by atoms with Crippen LogP contribution in [-0.4, -0.2) is 126 Å². The van der Waals surface area contributed by atoms with Crippen molar-refractivity contribution in [2.45, 2.75) is 122 Å². The van der Waals surface area contributed by atoms with E-state index in [1.54, 1.807) is 13.8 Å². The minimum absolute atomic E-state index is 0.0424. The number of methoxy groups -OCH3 is 2. The van der Waals surface area contributed by atoms with Crippen LogP contribution in [0.4, 0.5) is 0 Å². The first-order valence-electron chi connectivity index (χ1n) is 20.4. The Bertz CT molecular complexity index is 2220. The number of fused-ring (bicyclic) bond motifs is 5. The fourth-order valence-corrected chi connectivity index (χ4v) is 9.97. The predicted octanol–water partition coefficient (Wildman–Crippen LogP) is 2.94. The van der Waals surface area contributed by atoms with Crippen molar-refractivity contribution in [3.05, 3.63) is 70.7 Å². The van der Waals surface area contributed by atoms with Gasteiger partial charge in [0.25, 0.3) is 5.91 Å². The first-order chi connectivity index (χ1) is 29.5. The number of furan rings is 1. The summed E-state index contributed by atoms with van der Waals surface area (Å²) < 4.78 is 46.3. The van der Waals surface area contributed by atoms with Gasteiger partial charge in [0, 0.05) is 32.1 Å². The number of benzene rings is 1. The highest BCUT2D eigenvalue weighted by atomic mass is 16.6. The molecule has 1 aromatic carbocycles. The summed E-state index contributed by atoms with van der Waals surface area (Å²) >= 11 is 0. The molecule has 0 unspecified atom stereocenters. The predicted molar refractivity (Wildman–Crippen MR) is 217 cm³/mol. The molecule has 3 aliphatic carbocycles. The topological polar surface area (TPSA) is 253 Å². The number of hydrogen-bond acceptors (Lipinski definition) is 17. The average molecular weight is 882 g/mol. The van der Waals surface area contributed by atoms with Crippen LogP contribution >= 0.6 is 0 Å². The molecule has 342 valence electrons. The molecule has 4 N–H and O–H groups in total. The monoisotopic (exact) mass is 881 g/mol. The number of rotatable bonds is 12. The number of allylic oxidation sites excluding steroid dienone is 1. The third-order valence-corrected chi connectivity index (χ3v) is 13.2. The number of aliphatic hydroxyl groups excluding tert-OH is 2. The molecule has 18 heteroatoms. The number of carbonyl (C=O) groups excluding carboxylic acids is 6. The zero-order valence-corrected chi connectivity index (χ0v) is 36.8. The zero-order valence-electron chi connectivity index (χ0n) is 36.8. The van der Waals surface area contributed by atoms with Gasteiger partial charge in [0.05, 0.1) is 50.6 Å². The fraction of sp³-hybridized carbons (Fsp3) is 0.556. The van der Waals surface area contributed by atoms with Crippen molar-refractivity contribution in [3.8, 4) is 11.5 Å². The molecule has 4 aliphatic rings. The largest absolute Gasteiger partial charge is 0.497 e. The Kier molecular flexibility index (Phi) is 12.8. The molecule has 0 radical (unpaired) electrons. The number of ketones is 1. The van der Waals surface area contributed by atoms with E-state index in [0.29, 0.717) is 5.57 Å². The lowest BCUT2D eigenvalue weighted by atomic mass is 9.44. The molecule has 1 amide bonds. The van der Waals surface area contributed by atoms with Crippen molar-refractivity contribution in [1.82, 2.24) is 5.32 Å². The number of ether oxygens (including phenoxy) is 7. The summed E-state index contributed by atoms with van der Waals surface area (Å²) in [5.41, 5.74) is -7.61. The highest BCUT2D eigenvalue weighted by Crippen LogP contribution is 2.64. The summed E-state index contributed by atoms with van der Waals surface area (Å²) in [6.45, 7) is 11.1. The molecule has 2 heterocycles. The molecule has 2 saturated carbocycles. The van der Waals surface area contributed by atoms with E-state index in [9.17, 15) is 39.3 Å². The van der Waals surface area contributed by atoms with Gasteiger partial charge in [0.1, 0.15) is 41.0 Å². The number of amides is 1. The number of aliphatic hydroxyl groups is 3. The van der Waals surface area contributed by atoms with Crippen molar-refractivity contribution < 1.29 is 81.7 Å². The molecule has 6 rings (SSSR count). The maximum atomic E-state index is 15.5. The first-order valence-corrected chi connectivity index (χ1v) is 20.4. The smallest absolute Gasteiger partial charge is 0.342 e. The van der Waals surface area contributed by atoms with E-state index in [1.165, 1.54) is 84.6 Å². The van der Waals surface area contributed by atoms with Crippen molar-refractivity contribution in [2.24, 2.45) is 16.7 Å². The van der Waals surface area contributed by atoms with Crippen LogP contribution in [-0.2, 0) is 42.9 Å². The van der Waals surface area contributed by atoms with Crippen LogP contribution in [0.5, 0.6) is 11.5 Å². The zero-order chi connectivity index (χ0) is 46.6. The van der Waals surface area contributed by atoms with Gasteiger partial charge < -0.3 is 58.2 Å². The normalized spacial score (nSPS) is 31.5. The molecule has 18 nitrogen and oxygen atoms in total. The van der Waals surface area contributed by atoms with Gasteiger partial charge in [-0.25, -0.2) is 9.59 Å². The van der Waals surface area contributed by atoms with Gasteiger partial charge in [-0.1, -0.05) is 25.5 Å². The highest BCUT2D eigenvalue weighted by Gasteiger charge is 2.78. The summed E-state index contributed by atoms with van der Waals surface area (Å²) in [5.74, 6) is -7.19. The quantitative estimate of drug-likeness (QED) is 0.136. The minimum atomic E-state index is -2.47. The van der Waals surface area contributed by atoms with Crippen LogP contribution in [0.1, 0.15) is 89.1 Å². The number of esters is 4. The van der Waals surface area contributed by atoms with Crippen molar-refractivity contribution in [2.75, 3.05) is 20.8 Å². The molecule has 63 heavy (non-hydrogen) atoms. The third kappa shape index (κ3) is 7.91. The molecule has 0 spiro atoms. The van der Waals surface area contributed by atoms with Gasteiger partial charge in [-0.15, -0.1) is 0 Å². The summed E-state index contributed by atoms with van der Waals surface area (Å²) in [6.07, 6.45) is -8.20. The Hall–Kier alpha value is -5.56. The second kappa shape index (κ2) is 17.2. The Labute approximate surface area is 363 Å². The van der Waals surface area contributed by atoms with Crippen LogP contribution in [0.25, 0.3) is 0 Å². The maximum Gasteiger partial charge on any atom is 0.342 e. The number of Topliss-reactive ketones (excluding diaryl/α,β-unsaturated/α-hetero) is 1. The van der Waals surface area contributed by atoms with Gasteiger partial charge in [0.15, 0.2) is 29.4 Å². The maximum absolute atomic E-state index is 15.5. The lowest BCUT2D eigenvalue weighted by molar-refractivity contribution is -0.346. The van der Waals surface area contributed by atoms with Gasteiger partial charge >= 0.3 is 23.9 Å². The summed E-state index contributed by atoms with van der Waals surface area (Å²) in [5, 5.41) is 39.9. The van der Waals surface area contributed by atoms with E-state index in [0.717, 1.165) is 13.8 Å². The molecule has 1 aromatic heterocycles. The third-order valence-electron chi connectivity index (χ3n) is 13.2.